The number of ether oxygens (including phenoxy) is 2. The summed E-state index contributed by atoms with van der Waals surface area (Å²) in [6.45, 7) is 1.96. The van der Waals surface area contributed by atoms with Gasteiger partial charge in [-0.05, 0) is 60.8 Å². The highest BCUT2D eigenvalue weighted by molar-refractivity contribution is 5.74. The highest BCUT2D eigenvalue weighted by atomic mass is 16.5. The van der Waals surface area contributed by atoms with E-state index in [0.29, 0.717) is 0 Å². The molecule has 0 unspecified atom stereocenters. The molecule has 2 heterocycles. The fraction of sp³-hybridized carbons (Fsp3) is 0.333. The lowest BCUT2D eigenvalue weighted by atomic mass is 9.95. The largest absolute Gasteiger partial charge is 0.497 e. The molecule has 0 radical (unpaired) electrons. The van der Waals surface area contributed by atoms with Crippen molar-refractivity contribution in [3.05, 3.63) is 47.5 Å². The number of rotatable bonds is 2. The van der Waals surface area contributed by atoms with Crippen molar-refractivity contribution in [2.24, 2.45) is 0 Å². The maximum absolute atomic E-state index is 5.61. The van der Waals surface area contributed by atoms with Crippen LogP contribution in [-0.4, -0.2) is 27.3 Å². The minimum absolute atomic E-state index is 0.902. The Morgan fingerprint density at radius 2 is 1.67 bits per heavy atom. The lowest BCUT2D eigenvalue weighted by Crippen LogP contribution is -2.20. The van der Waals surface area contributed by atoms with Crippen LogP contribution in [0.5, 0.6) is 11.5 Å². The first kappa shape index (κ1) is 14.0. The number of hydrogen-bond acceptors (Lipinski definition) is 3. The minimum atomic E-state index is 0.902. The Balaban J connectivity index is 2.16. The smallest absolute Gasteiger partial charge is 0.126 e. The van der Waals surface area contributed by atoms with Gasteiger partial charge in [-0.25, -0.2) is 0 Å². The molecular formula is C18H21NO2. The van der Waals surface area contributed by atoms with Gasteiger partial charge in [0.2, 0.25) is 0 Å². The second kappa shape index (κ2) is 6.19. The predicted octanol–water partition coefficient (Wildman–Crippen LogP) is 3.06. The standard InChI is InChI=1S/C18H21NO2/c1-20-15-4-6-16-14(12-15)8-10-19-9-7-13-3-5-17(16)18(11-13)21-2/h3-6,11-12,19H,7-10H2,1-2H3. The van der Waals surface area contributed by atoms with Crippen LogP contribution in [0.1, 0.15) is 11.1 Å². The van der Waals surface area contributed by atoms with E-state index < -0.39 is 0 Å². The molecule has 1 N–H and O–H groups in total. The van der Waals surface area contributed by atoms with E-state index in [4.69, 9.17) is 9.47 Å². The van der Waals surface area contributed by atoms with Gasteiger partial charge in [-0.2, -0.15) is 0 Å². The van der Waals surface area contributed by atoms with Gasteiger partial charge in [0, 0.05) is 5.56 Å². The zero-order chi connectivity index (χ0) is 14.7. The van der Waals surface area contributed by atoms with Gasteiger partial charge in [0.05, 0.1) is 14.2 Å². The van der Waals surface area contributed by atoms with Gasteiger partial charge < -0.3 is 14.8 Å². The van der Waals surface area contributed by atoms with E-state index in [1.54, 1.807) is 14.2 Å². The maximum Gasteiger partial charge on any atom is 0.126 e. The Morgan fingerprint density at radius 3 is 2.48 bits per heavy atom. The van der Waals surface area contributed by atoms with Crippen molar-refractivity contribution in [3.8, 4) is 22.6 Å². The summed E-state index contributed by atoms with van der Waals surface area (Å²) in [7, 11) is 3.45. The molecule has 0 amide bonds. The van der Waals surface area contributed by atoms with E-state index >= 15 is 0 Å². The van der Waals surface area contributed by atoms with Crippen LogP contribution in [0.15, 0.2) is 36.4 Å². The van der Waals surface area contributed by atoms with E-state index in [-0.39, 0.29) is 0 Å². The van der Waals surface area contributed by atoms with Gasteiger partial charge >= 0.3 is 0 Å². The average molecular weight is 283 g/mol. The molecule has 0 spiro atoms. The molecule has 0 atom stereocenters. The normalized spacial score (nSPS) is 14.2. The Morgan fingerprint density at radius 1 is 0.857 bits per heavy atom. The van der Waals surface area contributed by atoms with Crippen molar-refractivity contribution in [1.82, 2.24) is 5.32 Å². The Bertz CT molecular complexity index is 637. The van der Waals surface area contributed by atoms with Gasteiger partial charge in [-0.1, -0.05) is 18.2 Å². The molecule has 110 valence electrons. The highest BCUT2D eigenvalue weighted by Crippen LogP contribution is 2.35. The SMILES string of the molecule is COc1ccc2c(c1)CCNCCc1ccc-2c(OC)c1. The van der Waals surface area contributed by atoms with E-state index in [2.05, 4.69) is 35.6 Å². The molecule has 4 rings (SSSR count). The predicted molar refractivity (Wildman–Crippen MR) is 85.3 cm³/mol. The maximum atomic E-state index is 5.61. The number of benzene rings is 2. The van der Waals surface area contributed by atoms with Crippen LogP contribution in [0.2, 0.25) is 0 Å². The summed E-state index contributed by atoms with van der Waals surface area (Å²) in [6.07, 6.45) is 2.01. The molecule has 2 aliphatic heterocycles. The van der Waals surface area contributed by atoms with Crippen molar-refractivity contribution >= 4 is 0 Å². The van der Waals surface area contributed by atoms with Crippen LogP contribution in [0.3, 0.4) is 0 Å². The van der Waals surface area contributed by atoms with Crippen LogP contribution in [0.4, 0.5) is 0 Å². The third-order valence-electron chi connectivity index (χ3n) is 4.03. The molecule has 3 heteroatoms. The molecule has 0 fully saturated rings. The summed E-state index contributed by atoms with van der Waals surface area (Å²) in [5, 5.41) is 3.50. The number of methoxy groups -OCH3 is 2. The first-order chi connectivity index (χ1) is 10.3. The molecule has 0 aromatic heterocycles. The van der Waals surface area contributed by atoms with Crippen molar-refractivity contribution in [2.45, 2.75) is 12.8 Å². The van der Waals surface area contributed by atoms with E-state index in [0.717, 1.165) is 43.0 Å². The zero-order valence-electron chi connectivity index (χ0n) is 12.6. The molecular weight excluding hydrogens is 262 g/mol. The summed E-state index contributed by atoms with van der Waals surface area (Å²) >= 11 is 0. The second-order valence-corrected chi connectivity index (χ2v) is 5.31. The minimum Gasteiger partial charge on any atom is -0.497 e. The Hall–Kier alpha value is -2.00. The van der Waals surface area contributed by atoms with E-state index in [9.17, 15) is 0 Å². The molecule has 2 bridgehead atoms. The number of hydrogen-bond donors (Lipinski definition) is 1. The van der Waals surface area contributed by atoms with Gasteiger partial charge in [0.15, 0.2) is 0 Å². The van der Waals surface area contributed by atoms with Gasteiger partial charge in [-0.3, -0.25) is 0 Å². The molecule has 0 saturated heterocycles. The van der Waals surface area contributed by atoms with Crippen LogP contribution in [0.25, 0.3) is 11.1 Å². The van der Waals surface area contributed by atoms with E-state index in [1.807, 2.05) is 6.07 Å². The molecule has 3 nitrogen and oxygen atoms in total. The quantitative estimate of drug-likeness (QED) is 0.919. The Labute approximate surface area is 125 Å². The van der Waals surface area contributed by atoms with Crippen molar-refractivity contribution in [2.75, 3.05) is 27.3 Å². The van der Waals surface area contributed by atoms with Crippen molar-refractivity contribution in [3.63, 3.8) is 0 Å². The summed E-state index contributed by atoms with van der Waals surface area (Å²) < 4.78 is 11.0. The van der Waals surface area contributed by atoms with Gasteiger partial charge in [0.1, 0.15) is 11.5 Å². The summed E-state index contributed by atoms with van der Waals surface area (Å²) in [5.74, 6) is 1.85. The Kier molecular flexibility index (Phi) is 4.11. The summed E-state index contributed by atoms with van der Waals surface area (Å²) in [4.78, 5) is 0. The van der Waals surface area contributed by atoms with Gasteiger partial charge in [-0.15, -0.1) is 0 Å². The second-order valence-electron chi connectivity index (χ2n) is 5.31. The fourth-order valence-electron chi connectivity index (χ4n) is 2.86. The van der Waals surface area contributed by atoms with Crippen LogP contribution >= 0.6 is 0 Å². The zero-order valence-corrected chi connectivity index (χ0v) is 12.6. The third kappa shape index (κ3) is 2.88. The molecule has 0 saturated carbocycles. The third-order valence-corrected chi connectivity index (χ3v) is 4.03. The monoisotopic (exact) mass is 283 g/mol. The first-order valence-electron chi connectivity index (χ1n) is 7.37. The van der Waals surface area contributed by atoms with Crippen molar-refractivity contribution < 1.29 is 9.47 Å². The number of fused-ring (bicyclic) bond motifs is 6. The summed E-state index contributed by atoms with van der Waals surface area (Å²) in [5.41, 5.74) is 4.97. The van der Waals surface area contributed by atoms with Crippen LogP contribution in [-0.2, 0) is 12.8 Å². The fourth-order valence-corrected chi connectivity index (χ4v) is 2.86. The molecule has 2 aromatic carbocycles. The first-order valence-corrected chi connectivity index (χ1v) is 7.37. The van der Waals surface area contributed by atoms with Gasteiger partial charge in [0.25, 0.3) is 0 Å². The molecule has 21 heavy (non-hydrogen) atoms. The lowest BCUT2D eigenvalue weighted by Gasteiger charge is -2.14. The summed E-state index contributed by atoms with van der Waals surface area (Å²) in [6, 6.07) is 12.8. The van der Waals surface area contributed by atoms with Crippen LogP contribution in [0, 0.1) is 0 Å². The number of nitrogens with one attached hydrogen (secondary N) is 1. The topological polar surface area (TPSA) is 30.5 Å². The van der Waals surface area contributed by atoms with Crippen LogP contribution < -0.4 is 14.8 Å². The van der Waals surface area contributed by atoms with Crippen molar-refractivity contribution in [1.29, 1.82) is 0 Å². The lowest BCUT2D eigenvalue weighted by molar-refractivity contribution is 0.413. The van der Waals surface area contributed by atoms with E-state index in [1.165, 1.54) is 16.7 Å². The molecule has 2 aromatic rings. The average Bonchev–Trinajstić information content (AvgIpc) is 2.59. The molecule has 2 aliphatic rings. The molecule has 0 aliphatic carbocycles. The highest BCUT2D eigenvalue weighted by Gasteiger charge is 2.13.